The smallest absolute Gasteiger partial charge is 0.326 e. The zero-order valence-electron chi connectivity index (χ0n) is 15.4. The van der Waals surface area contributed by atoms with Crippen molar-refractivity contribution in [2.45, 2.75) is 32.7 Å². The van der Waals surface area contributed by atoms with Crippen LogP contribution in [0.15, 0.2) is 42.7 Å². The van der Waals surface area contributed by atoms with Crippen molar-refractivity contribution in [3.63, 3.8) is 0 Å². The number of carbonyl (C=O) groups is 3. The van der Waals surface area contributed by atoms with E-state index in [4.69, 9.17) is 5.11 Å². The van der Waals surface area contributed by atoms with Gasteiger partial charge in [0.25, 0.3) is 0 Å². The summed E-state index contributed by atoms with van der Waals surface area (Å²) in [6, 6.07) is 8.53. The van der Waals surface area contributed by atoms with E-state index in [1.54, 1.807) is 17.1 Å². The quantitative estimate of drug-likeness (QED) is 0.611. The number of nitrogens with zero attached hydrogens (tertiary/aromatic N) is 2. The number of hydrogen-bond acceptors (Lipinski definition) is 4. The van der Waals surface area contributed by atoms with Crippen LogP contribution in [0, 0.1) is 5.92 Å². The molecule has 3 N–H and O–H groups in total. The molecule has 0 saturated carbocycles. The lowest BCUT2D eigenvalue weighted by Gasteiger charge is -2.16. The van der Waals surface area contributed by atoms with E-state index in [0.717, 1.165) is 5.69 Å². The lowest BCUT2D eigenvalue weighted by atomic mass is 10.0. The molecule has 2 aromatic rings. The fraction of sp³-hybridized carbons (Fsp3) is 0.368. The molecule has 144 valence electrons. The summed E-state index contributed by atoms with van der Waals surface area (Å²) < 4.78 is 1.67. The van der Waals surface area contributed by atoms with E-state index in [-0.39, 0.29) is 24.8 Å². The first kappa shape index (κ1) is 20.2. The van der Waals surface area contributed by atoms with Crippen molar-refractivity contribution in [3.8, 4) is 5.69 Å². The van der Waals surface area contributed by atoms with Crippen LogP contribution in [0.2, 0.25) is 0 Å². The van der Waals surface area contributed by atoms with Crippen LogP contribution in [0.5, 0.6) is 0 Å². The van der Waals surface area contributed by atoms with Crippen molar-refractivity contribution in [2.75, 3.05) is 6.54 Å². The van der Waals surface area contributed by atoms with Gasteiger partial charge in [0, 0.05) is 6.20 Å². The van der Waals surface area contributed by atoms with Gasteiger partial charge in [0.05, 0.1) is 24.8 Å². The van der Waals surface area contributed by atoms with Gasteiger partial charge >= 0.3 is 5.97 Å². The van der Waals surface area contributed by atoms with Crippen LogP contribution in [0.1, 0.15) is 25.8 Å². The molecule has 0 saturated heterocycles. The van der Waals surface area contributed by atoms with E-state index in [0.29, 0.717) is 12.0 Å². The van der Waals surface area contributed by atoms with Gasteiger partial charge in [-0.2, -0.15) is 5.10 Å². The number of para-hydroxylation sites is 1. The van der Waals surface area contributed by atoms with E-state index in [1.165, 1.54) is 0 Å². The molecule has 1 aromatic carbocycles. The summed E-state index contributed by atoms with van der Waals surface area (Å²) in [4.78, 5) is 35.1. The summed E-state index contributed by atoms with van der Waals surface area (Å²) >= 11 is 0. The molecule has 0 unspecified atom stereocenters. The molecule has 2 rings (SSSR count). The molecular weight excluding hydrogens is 348 g/mol. The summed E-state index contributed by atoms with van der Waals surface area (Å²) in [6.07, 6.45) is 3.75. The molecule has 0 aliphatic rings. The fourth-order valence-corrected chi connectivity index (χ4v) is 2.54. The highest BCUT2D eigenvalue weighted by molar-refractivity contribution is 5.88. The third kappa shape index (κ3) is 6.58. The van der Waals surface area contributed by atoms with Gasteiger partial charge in [-0.25, -0.2) is 9.48 Å². The van der Waals surface area contributed by atoms with E-state index in [9.17, 15) is 14.4 Å². The molecule has 27 heavy (non-hydrogen) atoms. The molecule has 0 aliphatic heterocycles. The highest BCUT2D eigenvalue weighted by Gasteiger charge is 2.21. The number of nitrogens with one attached hydrogen (secondary N) is 2. The van der Waals surface area contributed by atoms with Crippen molar-refractivity contribution in [2.24, 2.45) is 5.92 Å². The normalized spacial score (nSPS) is 11.8. The maximum Gasteiger partial charge on any atom is 0.326 e. The Balaban J connectivity index is 1.81. The fourth-order valence-electron chi connectivity index (χ4n) is 2.54. The van der Waals surface area contributed by atoms with Crippen LogP contribution in [0.3, 0.4) is 0 Å². The van der Waals surface area contributed by atoms with Gasteiger partial charge in [-0.15, -0.1) is 0 Å². The third-order valence-electron chi connectivity index (χ3n) is 3.81. The molecule has 1 heterocycles. The summed E-state index contributed by atoms with van der Waals surface area (Å²) in [5.74, 6) is -1.83. The predicted octanol–water partition coefficient (Wildman–Crippen LogP) is 1.15. The zero-order valence-corrected chi connectivity index (χ0v) is 15.4. The minimum Gasteiger partial charge on any atom is -0.480 e. The SMILES string of the molecule is CC(C)C[C@H](NC(=O)CNC(=O)Cc1cnn(-c2ccccc2)c1)C(=O)O. The van der Waals surface area contributed by atoms with Crippen LogP contribution in [-0.4, -0.2) is 45.3 Å². The Kier molecular flexibility index (Phi) is 7.10. The van der Waals surface area contributed by atoms with Gasteiger partial charge in [-0.3, -0.25) is 9.59 Å². The Hall–Kier alpha value is -3.16. The van der Waals surface area contributed by atoms with Crippen LogP contribution in [0.4, 0.5) is 0 Å². The number of hydrogen-bond donors (Lipinski definition) is 3. The molecular formula is C19H24N4O4. The number of aliphatic carboxylic acids is 1. The van der Waals surface area contributed by atoms with Gasteiger partial charge in [-0.05, 0) is 30.0 Å². The van der Waals surface area contributed by atoms with Gasteiger partial charge in [0.15, 0.2) is 0 Å². The highest BCUT2D eigenvalue weighted by atomic mass is 16.4. The summed E-state index contributed by atoms with van der Waals surface area (Å²) in [6.45, 7) is 3.48. The van der Waals surface area contributed by atoms with Crippen LogP contribution >= 0.6 is 0 Å². The maximum absolute atomic E-state index is 12.0. The summed E-state index contributed by atoms with van der Waals surface area (Å²) in [5, 5.41) is 18.3. The minimum atomic E-state index is -1.09. The Morgan fingerprint density at radius 1 is 1.15 bits per heavy atom. The summed E-state index contributed by atoms with van der Waals surface area (Å²) in [7, 11) is 0. The lowest BCUT2D eigenvalue weighted by molar-refractivity contribution is -0.142. The van der Waals surface area contributed by atoms with Gasteiger partial charge in [0.1, 0.15) is 6.04 Å². The molecule has 0 bridgehead atoms. The Labute approximate surface area is 157 Å². The van der Waals surface area contributed by atoms with Crippen molar-refractivity contribution in [1.29, 1.82) is 0 Å². The summed E-state index contributed by atoms with van der Waals surface area (Å²) in [5.41, 5.74) is 1.59. The molecule has 0 fully saturated rings. The Morgan fingerprint density at radius 3 is 2.48 bits per heavy atom. The molecule has 8 nitrogen and oxygen atoms in total. The minimum absolute atomic E-state index is 0.0778. The molecule has 1 aromatic heterocycles. The van der Waals surface area contributed by atoms with E-state index in [2.05, 4.69) is 15.7 Å². The number of aromatic nitrogens is 2. The molecule has 2 amide bonds. The van der Waals surface area contributed by atoms with E-state index >= 15 is 0 Å². The number of amides is 2. The molecule has 0 spiro atoms. The Morgan fingerprint density at radius 2 is 1.85 bits per heavy atom. The number of rotatable bonds is 9. The first-order valence-corrected chi connectivity index (χ1v) is 8.73. The molecule has 0 radical (unpaired) electrons. The largest absolute Gasteiger partial charge is 0.480 e. The number of carboxylic acids is 1. The van der Waals surface area contributed by atoms with Crippen LogP contribution in [0.25, 0.3) is 5.69 Å². The second-order valence-electron chi connectivity index (χ2n) is 6.67. The number of benzene rings is 1. The van der Waals surface area contributed by atoms with Crippen molar-refractivity contribution in [3.05, 3.63) is 48.3 Å². The van der Waals surface area contributed by atoms with E-state index in [1.807, 2.05) is 44.2 Å². The molecule has 0 aliphatic carbocycles. The first-order chi connectivity index (χ1) is 12.8. The molecule has 8 heteroatoms. The second-order valence-corrected chi connectivity index (χ2v) is 6.67. The average Bonchev–Trinajstić information content (AvgIpc) is 3.08. The zero-order chi connectivity index (χ0) is 19.8. The van der Waals surface area contributed by atoms with Crippen molar-refractivity contribution < 1.29 is 19.5 Å². The maximum atomic E-state index is 12.0. The third-order valence-corrected chi connectivity index (χ3v) is 3.81. The highest BCUT2D eigenvalue weighted by Crippen LogP contribution is 2.08. The average molecular weight is 372 g/mol. The predicted molar refractivity (Wildman–Crippen MR) is 99.3 cm³/mol. The standard InChI is InChI=1S/C19H24N4O4/c1-13(2)8-16(19(26)27)22-18(25)11-20-17(24)9-14-10-21-23(12-14)15-6-4-3-5-7-15/h3-7,10,12-13,16H,8-9,11H2,1-2H3,(H,20,24)(H,22,25)(H,26,27)/t16-/m0/s1. The van der Waals surface area contributed by atoms with Gasteiger partial charge in [-0.1, -0.05) is 32.0 Å². The monoisotopic (exact) mass is 372 g/mol. The van der Waals surface area contributed by atoms with Crippen molar-refractivity contribution >= 4 is 17.8 Å². The van der Waals surface area contributed by atoms with Crippen LogP contribution in [-0.2, 0) is 20.8 Å². The topological polar surface area (TPSA) is 113 Å². The number of carbonyl (C=O) groups excluding carboxylic acids is 2. The lowest BCUT2D eigenvalue weighted by Crippen LogP contribution is -2.46. The van der Waals surface area contributed by atoms with Crippen molar-refractivity contribution in [1.82, 2.24) is 20.4 Å². The first-order valence-electron chi connectivity index (χ1n) is 8.73. The van der Waals surface area contributed by atoms with Gasteiger partial charge < -0.3 is 15.7 Å². The van der Waals surface area contributed by atoms with E-state index < -0.39 is 17.9 Å². The molecule has 1 atom stereocenters. The number of carboxylic acid groups (broad SMARTS) is 1. The van der Waals surface area contributed by atoms with Gasteiger partial charge in [0.2, 0.25) is 11.8 Å². The Bertz CT molecular complexity index is 786. The second kappa shape index (κ2) is 9.51. The van der Waals surface area contributed by atoms with Crippen LogP contribution < -0.4 is 10.6 Å².